The zero-order chi connectivity index (χ0) is 28.0. The molecule has 0 radical (unpaired) electrons. The minimum Gasteiger partial charge on any atom is -0.461 e. The van der Waals surface area contributed by atoms with Crippen LogP contribution in [0.15, 0.2) is 91.0 Å². The smallest absolute Gasteiger partial charge is 0.323 e. The number of hydrogen-bond donors (Lipinski definition) is 2. The lowest BCUT2D eigenvalue weighted by atomic mass is 10.0. The molecule has 0 spiro atoms. The Morgan fingerprint density at radius 2 is 0.974 bits per heavy atom. The van der Waals surface area contributed by atoms with Crippen molar-refractivity contribution in [1.82, 2.24) is 0 Å². The van der Waals surface area contributed by atoms with Crippen molar-refractivity contribution in [3.05, 3.63) is 108 Å². The molecular weight excluding hydrogens is 496 g/mol. The van der Waals surface area contributed by atoms with E-state index >= 15 is 0 Å². The fourth-order valence-electron chi connectivity index (χ4n) is 3.92. The largest absolute Gasteiger partial charge is 0.461 e. The molecule has 4 N–H and O–H groups in total. The molecule has 0 aliphatic heterocycles. The summed E-state index contributed by atoms with van der Waals surface area (Å²) in [7, 11) is 0. The first-order valence-electron chi connectivity index (χ1n) is 13.0. The maximum Gasteiger partial charge on any atom is 0.323 e. The van der Waals surface area contributed by atoms with Crippen molar-refractivity contribution >= 4 is 17.9 Å². The van der Waals surface area contributed by atoms with Gasteiger partial charge in [0.1, 0.15) is 25.3 Å². The van der Waals surface area contributed by atoms with E-state index in [0.717, 1.165) is 16.7 Å². The molecule has 0 amide bonds. The maximum atomic E-state index is 12.7. The third kappa shape index (κ3) is 10.3. The zero-order valence-corrected chi connectivity index (χ0v) is 22.1. The van der Waals surface area contributed by atoms with E-state index in [1.54, 1.807) is 6.92 Å². The lowest BCUT2D eigenvalue weighted by molar-refractivity contribution is -0.169. The van der Waals surface area contributed by atoms with Gasteiger partial charge in [-0.2, -0.15) is 0 Å². The fourth-order valence-corrected chi connectivity index (χ4v) is 3.92. The monoisotopic (exact) mass is 532 g/mol. The molecule has 0 heterocycles. The summed E-state index contributed by atoms with van der Waals surface area (Å²) >= 11 is 0. The molecule has 0 saturated heterocycles. The highest BCUT2D eigenvalue weighted by atomic mass is 16.6. The van der Waals surface area contributed by atoms with E-state index in [1.807, 2.05) is 91.0 Å². The summed E-state index contributed by atoms with van der Waals surface area (Å²) in [5.74, 6) is -2.23. The predicted octanol–water partition coefficient (Wildman–Crippen LogP) is 3.00. The molecule has 206 valence electrons. The molecule has 8 heteroatoms. The van der Waals surface area contributed by atoms with E-state index in [2.05, 4.69) is 0 Å². The summed E-state index contributed by atoms with van der Waals surface area (Å²) in [6, 6.07) is 26.3. The first kappa shape index (κ1) is 29.5. The Morgan fingerprint density at radius 1 is 0.590 bits per heavy atom. The van der Waals surface area contributed by atoms with Gasteiger partial charge in [0, 0.05) is 0 Å². The molecule has 3 aromatic carbocycles. The quantitative estimate of drug-likeness (QED) is 0.239. The van der Waals surface area contributed by atoms with E-state index in [9.17, 15) is 14.4 Å². The summed E-state index contributed by atoms with van der Waals surface area (Å²) in [6.07, 6.45) is 0.00949. The number of esters is 3. The molecular formula is C31H36N2O6. The van der Waals surface area contributed by atoms with Crippen LogP contribution in [0.4, 0.5) is 0 Å². The van der Waals surface area contributed by atoms with Gasteiger partial charge in [-0.05, 0) is 36.0 Å². The van der Waals surface area contributed by atoms with Crippen LogP contribution in [0.25, 0.3) is 0 Å². The van der Waals surface area contributed by atoms with E-state index in [1.165, 1.54) is 0 Å². The highest BCUT2D eigenvalue weighted by Gasteiger charge is 2.26. The SMILES string of the molecule is C[C@@H](Cc1ccccc1)C(=O)OCC(COC(=O)[C@@H](N)Cc1ccccc1)OC(=O)[C@@H](N)Cc1ccccc1. The van der Waals surface area contributed by atoms with Crippen molar-refractivity contribution in [3.8, 4) is 0 Å². The summed E-state index contributed by atoms with van der Waals surface area (Å²) in [4.78, 5) is 37.9. The van der Waals surface area contributed by atoms with Crippen LogP contribution < -0.4 is 11.5 Å². The lowest BCUT2D eigenvalue weighted by Crippen LogP contribution is -2.41. The summed E-state index contributed by atoms with van der Waals surface area (Å²) in [5, 5.41) is 0. The van der Waals surface area contributed by atoms with Crippen LogP contribution in [-0.2, 0) is 47.9 Å². The normalized spacial score (nSPS) is 13.9. The van der Waals surface area contributed by atoms with Gasteiger partial charge in [-0.3, -0.25) is 14.4 Å². The lowest BCUT2D eigenvalue weighted by Gasteiger charge is -2.22. The minimum absolute atomic E-state index is 0.266. The van der Waals surface area contributed by atoms with Gasteiger partial charge < -0.3 is 25.7 Å². The summed E-state index contributed by atoms with van der Waals surface area (Å²) in [6.45, 7) is 1.14. The molecule has 0 aromatic heterocycles. The Bertz CT molecular complexity index is 1110. The Hall–Kier alpha value is -4.01. The molecule has 8 nitrogen and oxygen atoms in total. The third-order valence-electron chi connectivity index (χ3n) is 6.10. The maximum absolute atomic E-state index is 12.7. The minimum atomic E-state index is -1.04. The average molecular weight is 533 g/mol. The number of ether oxygens (including phenoxy) is 3. The number of carbonyl (C=O) groups is 3. The topological polar surface area (TPSA) is 131 Å². The molecule has 0 fully saturated rings. The van der Waals surface area contributed by atoms with Crippen LogP contribution in [0, 0.1) is 5.92 Å². The van der Waals surface area contributed by atoms with Gasteiger partial charge in [0.25, 0.3) is 0 Å². The van der Waals surface area contributed by atoms with Crippen molar-refractivity contribution < 1.29 is 28.6 Å². The molecule has 1 unspecified atom stereocenters. The fraction of sp³-hybridized carbons (Fsp3) is 0.323. The summed E-state index contributed by atoms with van der Waals surface area (Å²) in [5.41, 5.74) is 14.8. The van der Waals surface area contributed by atoms with Crippen molar-refractivity contribution in [2.24, 2.45) is 17.4 Å². The molecule has 0 bridgehead atoms. The standard InChI is InChI=1S/C31H36N2O6/c1-22(17-23-11-5-2-6-12-23)29(34)37-20-26(39-31(36)28(33)19-25-15-9-4-10-16-25)21-38-30(35)27(32)18-24-13-7-3-8-14-24/h2-16,22,26-28H,17-21,32-33H2,1H3/t22-,26?,27-,28-/m0/s1. The Morgan fingerprint density at radius 3 is 1.44 bits per heavy atom. The molecule has 0 saturated carbocycles. The Kier molecular flexibility index (Phi) is 11.7. The predicted molar refractivity (Wildman–Crippen MR) is 147 cm³/mol. The van der Waals surface area contributed by atoms with Crippen LogP contribution >= 0.6 is 0 Å². The van der Waals surface area contributed by atoms with Crippen molar-refractivity contribution in [2.75, 3.05) is 13.2 Å². The zero-order valence-electron chi connectivity index (χ0n) is 22.1. The highest BCUT2D eigenvalue weighted by Crippen LogP contribution is 2.12. The van der Waals surface area contributed by atoms with Gasteiger partial charge in [-0.25, -0.2) is 0 Å². The summed E-state index contributed by atoms with van der Waals surface area (Å²) < 4.78 is 16.3. The first-order chi connectivity index (χ1) is 18.8. The average Bonchev–Trinajstić information content (AvgIpc) is 2.95. The van der Waals surface area contributed by atoms with E-state index < -0.39 is 42.0 Å². The number of carbonyl (C=O) groups excluding carboxylic acids is 3. The Balaban J connectivity index is 1.57. The van der Waals surface area contributed by atoms with Crippen LogP contribution in [0.3, 0.4) is 0 Å². The van der Waals surface area contributed by atoms with E-state index in [4.69, 9.17) is 25.7 Å². The number of rotatable bonds is 14. The molecule has 3 aromatic rings. The second-order valence-electron chi connectivity index (χ2n) is 9.50. The molecule has 0 aliphatic carbocycles. The van der Waals surface area contributed by atoms with Crippen LogP contribution in [-0.4, -0.2) is 49.3 Å². The number of benzene rings is 3. The van der Waals surface area contributed by atoms with Crippen molar-refractivity contribution in [1.29, 1.82) is 0 Å². The number of nitrogens with two attached hydrogens (primary N) is 2. The van der Waals surface area contributed by atoms with Crippen LogP contribution in [0.5, 0.6) is 0 Å². The van der Waals surface area contributed by atoms with E-state index in [-0.39, 0.29) is 26.1 Å². The highest BCUT2D eigenvalue weighted by molar-refractivity contribution is 5.77. The van der Waals surface area contributed by atoms with Gasteiger partial charge >= 0.3 is 17.9 Å². The number of hydrogen-bond acceptors (Lipinski definition) is 8. The van der Waals surface area contributed by atoms with Gasteiger partial charge in [-0.15, -0.1) is 0 Å². The van der Waals surface area contributed by atoms with Gasteiger partial charge in [-0.1, -0.05) is 97.9 Å². The van der Waals surface area contributed by atoms with E-state index in [0.29, 0.717) is 6.42 Å². The van der Waals surface area contributed by atoms with Crippen LogP contribution in [0.1, 0.15) is 23.6 Å². The molecule has 39 heavy (non-hydrogen) atoms. The Labute approximate surface area is 229 Å². The van der Waals surface area contributed by atoms with Gasteiger partial charge in [0.15, 0.2) is 6.10 Å². The third-order valence-corrected chi connectivity index (χ3v) is 6.10. The first-order valence-corrected chi connectivity index (χ1v) is 13.0. The van der Waals surface area contributed by atoms with Crippen molar-refractivity contribution in [3.63, 3.8) is 0 Å². The second-order valence-corrected chi connectivity index (χ2v) is 9.50. The van der Waals surface area contributed by atoms with Gasteiger partial charge in [0.05, 0.1) is 5.92 Å². The molecule has 0 aliphatic rings. The van der Waals surface area contributed by atoms with Gasteiger partial charge in [0.2, 0.25) is 0 Å². The van der Waals surface area contributed by atoms with Crippen molar-refractivity contribution in [2.45, 2.75) is 44.4 Å². The molecule has 4 atom stereocenters. The molecule has 3 rings (SSSR count). The second kappa shape index (κ2) is 15.4. The van der Waals surface area contributed by atoms with Crippen LogP contribution in [0.2, 0.25) is 0 Å².